The third-order valence-corrected chi connectivity index (χ3v) is 3.80. The van der Waals surface area contributed by atoms with Crippen LogP contribution in [0.3, 0.4) is 0 Å². The van der Waals surface area contributed by atoms with Gasteiger partial charge in [-0.3, -0.25) is 9.69 Å². The highest BCUT2D eigenvalue weighted by Gasteiger charge is 2.17. The van der Waals surface area contributed by atoms with E-state index in [-0.39, 0.29) is 23.4 Å². The average molecular weight is 380 g/mol. The summed E-state index contributed by atoms with van der Waals surface area (Å²) >= 11 is 0. The number of halogens is 2. The van der Waals surface area contributed by atoms with Crippen molar-refractivity contribution in [1.82, 2.24) is 10.2 Å². The molecular weight excluding hydrogens is 358 g/mol. The number of benzene rings is 1. The van der Waals surface area contributed by atoms with E-state index in [0.29, 0.717) is 12.1 Å². The zero-order valence-electron chi connectivity index (χ0n) is 15.3. The molecule has 1 aromatic heterocycles. The molecule has 1 atom stereocenters. The van der Waals surface area contributed by atoms with Crippen molar-refractivity contribution >= 4 is 12.0 Å². The highest BCUT2D eigenvalue weighted by molar-refractivity contribution is 5.91. The van der Waals surface area contributed by atoms with Crippen molar-refractivity contribution in [2.75, 3.05) is 27.7 Å². The lowest BCUT2D eigenvalue weighted by atomic mass is 10.2. The number of ether oxygens (including phenoxy) is 2. The van der Waals surface area contributed by atoms with Gasteiger partial charge in [0.05, 0.1) is 19.4 Å². The Balaban J connectivity index is 1.97. The number of carbonyl (C=O) groups excluding carboxylic acids is 1. The molecule has 0 fully saturated rings. The Morgan fingerprint density at radius 3 is 2.67 bits per heavy atom. The molecule has 1 N–H and O–H groups in total. The number of furan rings is 1. The molecule has 2 rings (SSSR count). The number of alkyl halides is 2. The number of likely N-dealkylation sites (N-methyl/N-ethyl adjacent to an activating group) is 1. The summed E-state index contributed by atoms with van der Waals surface area (Å²) in [6.07, 6.45) is 4.50. The first-order chi connectivity index (χ1) is 12.9. The quantitative estimate of drug-likeness (QED) is 0.676. The molecule has 0 saturated carbocycles. The molecule has 0 bridgehead atoms. The van der Waals surface area contributed by atoms with Crippen molar-refractivity contribution in [3.05, 3.63) is 54.0 Å². The van der Waals surface area contributed by atoms with Crippen LogP contribution in [0.2, 0.25) is 0 Å². The van der Waals surface area contributed by atoms with Crippen molar-refractivity contribution < 1.29 is 27.5 Å². The molecule has 6 nitrogen and oxygen atoms in total. The van der Waals surface area contributed by atoms with E-state index < -0.39 is 6.61 Å². The normalized spacial score (nSPS) is 12.6. The maximum atomic E-state index is 12.3. The minimum Gasteiger partial charge on any atom is -0.493 e. The summed E-state index contributed by atoms with van der Waals surface area (Å²) in [7, 11) is 5.14. The number of hydrogen-bond donors (Lipinski definition) is 1. The first-order valence-corrected chi connectivity index (χ1v) is 8.19. The van der Waals surface area contributed by atoms with Gasteiger partial charge < -0.3 is 19.2 Å². The van der Waals surface area contributed by atoms with Crippen molar-refractivity contribution in [3.8, 4) is 11.5 Å². The average Bonchev–Trinajstić information content (AvgIpc) is 3.14. The topological polar surface area (TPSA) is 63.9 Å². The summed E-state index contributed by atoms with van der Waals surface area (Å²) < 4.78 is 39.5. The van der Waals surface area contributed by atoms with E-state index in [9.17, 15) is 13.6 Å². The maximum absolute atomic E-state index is 12.3. The second-order valence-electron chi connectivity index (χ2n) is 5.86. The van der Waals surface area contributed by atoms with Gasteiger partial charge in [0.1, 0.15) is 5.76 Å². The van der Waals surface area contributed by atoms with Crippen molar-refractivity contribution in [2.45, 2.75) is 12.7 Å². The summed E-state index contributed by atoms with van der Waals surface area (Å²) in [5.41, 5.74) is 0.610. The van der Waals surface area contributed by atoms with E-state index in [1.165, 1.54) is 25.3 Å². The molecule has 8 heteroatoms. The van der Waals surface area contributed by atoms with Gasteiger partial charge in [-0.1, -0.05) is 6.07 Å². The largest absolute Gasteiger partial charge is 0.493 e. The van der Waals surface area contributed by atoms with Crippen molar-refractivity contribution in [1.29, 1.82) is 0 Å². The molecule has 2 aromatic rings. The molecular formula is C19H22F2N2O4. The SMILES string of the molecule is COc1cc(/C=C/C(=O)NCC(c2ccco2)N(C)C)ccc1OC(F)F. The van der Waals surface area contributed by atoms with Crippen molar-refractivity contribution in [3.63, 3.8) is 0 Å². The fourth-order valence-corrected chi connectivity index (χ4v) is 2.43. The van der Waals surface area contributed by atoms with Gasteiger partial charge in [0.15, 0.2) is 11.5 Å². The van der Waals surface area contributed by atoms with Gasteiger partial charge in [-0.05, 0) is 50.0 Å². The predicted molar refractivity (Wildman–Crippen MR) is 96.8 cm³/mol. The van der Waals surface area contributed by atoms with Crippen LogP contribution in [0.25, 0.3) is 6.08 Å². The third kappa shape index (κ3) is 6.10. The molecule has 0 radical (unpaired) electrons. The lowest BCUT2D eigenvalue weighted by Gasteiger charge is -2.22. The van der Waals surface area contributed by atoms with Crippen LogP contribution in [-0.2, 0) is 4.79 Å². The number of hydrogen-bond acceptors (Lipinski definition) is 5. The van der Waals surface area contributed by atoms with Gasteiger partial charge in [-0.25, -0.2) is 0 Å². The highest BCUT2D eigenvalue weighted by atomic mass is 19.3. The Labute approximate surface area is 156 Å². The molecule has 0 aliphatic heterocycles. The fraction of sp³-hybridized carbons (Fsp3) is 0.316. The van der Waals surface area contributed by atoms with E-state index in [0.717, 1.165) is 5.76 Å². The Hall–Kier alpha value is -2.87. The molecule has 1 aromatic carbocycles. The van der Waals surface area contributed by atoms with Crippen LogP contribution < -0.4 is 14.8 Å². The van der Waals surface area contributed by atoms with Gasteiger partial charge >= 0.3 is 6.61 Å². The number of carbonyl (C=O) groups is 1. The third-order valence-electron chi connectivity index (χ3n) is 3.80. The summed E-state index contributed by atoms with van der Waals surface area (Å²) in [5, 5.41) is 2.81. The molecule has 0 aliphatic carbocycles. The van der Waals surface area contributed by atoms with Crippen molar-refractivity contribution in [2.24, 2.45) is 0 Å². The van der Waals surface area contributed by atoms with Gasteiger partial charge in [0, 0.05) is 12.6 Å². The van der Waals surface area contributed by atoms with Gasteiger partial charge in [-0.15, -0.1) is 0 Å². The summed E-state index contributed by atoms with van der Waals surface area (Å²) in [4.78, 5) is 14.0. The minimum absolute atomic E-state index is 0.0682. The second-order valence-corrected chi connectivity index (χ2v) is 5.86. The van der Waals surface area contributed by atoms with Crippen LogP contribution in [0.15, 0.2) is 47.1 Å². The monoisotopic (exact) mass is 380 g/mol. The number of rotatable bonds is 9. The first-order valence-electron chi connectivity index (χ1n) is 8.19. The van der Waals surface area contributed by atoms with Crippen LogP contribution in [-0.4, -0.2) is 45.2 Å². The molecule has 1 unspecified atom stereocenters. The van der Waals surface area contributed by atoms with Crippen LogP contribution in [0.4, 0.5) is 8.78 Å². The summed E-state index contributed by atoms with van der Waals surface area (Å²) in [5.74, 6) is 0.550. The van der Waals surface area contributed by atoms with Gasteiger partial charge in [-0.2, -0.15) is 8.78 Å². The zero-order valence-corrected chi connectivity index (χ0v) is 15.3. The Morgan fingerprint density at radius 1 is 1.30 bits per heavy atom. The van der Waals surface area contributed by atoms with E-state index >= 15 is 0 Å². The number of nitrogens with zero attached hydrogens (tertiary/aromatic N) is 1. The molecule has 0 aliphatic rings. The van der Waals surface area contributed by atoms with Crippen LogP contribution >= 0.6 is 0 Å². The van der Waals surface area contributed by atoms with Crippen LogP contribution in [0.5, 0.6) is 11.5 Å². The van der Waals surface area contributed by atoms with Gasteiger partial charge in [0.25, 0.3) is 0 Å². The number of amides is 1. The molecule has 0 spiro atoms. The zero-order chi connectivity index (χ0) is 19.8. The second kappa shape index (κ2) is 9.72. The smallest absolute Gasteiger partial charge is 0.387 e. The van der Waals surface area contributed by atoms with E-state index in [2.05, 4.69) is 10.1 Å². The van der Waals surface area contributed by atoms with Gasteiger partial charge in [0.2, 0.25) is 5.91 Å². The number of methoxy groups -OCH3 is 1. The molecule has 1 heterocycles. The van der Waals surface area contributed by atoms with E-state index in [1.807, 2.05) is 25.1 Å². The maximum Gasteiger partial charge on any atom is 0.387 e. The first kappa shape index (κ1) is 20.4. The minimum atomic E-state index is -2.94. The lowest BCUT2D eigenvalue weighted by molar-refractivity contribution is -0.116. The fourth-order valence-electron chi connectivity index (χ4n) is 2.43. The molecule has 0 saturated heterocycles. The molecule has 1 amide bonds. The Bertz CT molecular complexity index is 761. The number of nitrogens with one attached hydrogen (secondary N) is 1. The van der Waals surface area contributed by atoms with E-state index in [1.54, 1.807) is 24.5 Å². The van der Waals surface area contributed by atoms with Crippen LogP contribution in [0, 0.1) is 0 Å². The van der Waals surface area contributed by atoms with E-state index in [4.69, 9.17) is 9.15 Å². The molecule has 27 heavy (non-hydrogen) atoms. The highest BCUT2D eigenvalue weighted by Crippen LogP contribution is 2.29. The predicted octanol–water partition coefficient (Wildman–Crippen LogP) is 3.32. The standard InChI is InChI=1S/C19H22F2N2O4/c1-23(2)14(15-5-4-10-26-15)12-22-18(24)9-7-13-6-8-16(27-19(20)21)17(11-13)25-3/h4-11,14,19H,12H2,1-3H3,(H,22,24)/b9-7+. The Kier molecular flexibility index (Phi) is 7.36. The molecule has 146 valence electrons. The summed E-state index contributed by atoms with van der Waals surface area (Å²) in [6, 6.07) is 7.97. The Morgan fingerprint density at radius 2 is 2.07 bits per heavy atom. The lowest BCUT2D eigenvalue weighted by Crippen LogP contribution is -2.33. The van der Waals surface area contributed by atoms with Crippen LogP contribution in [0.1, 0.15) is 17.4 Å². The summed E-state index contributed by atoms with van der Waals surface area (Å²) in [6.45, 7) is -2.57.